The Bertz CT molecular complexity index is 690. The summed E-state index contributed by atoms with van der Waals surface area (Å²) in [7, 11) is -2.87. The zero-order valence-corrected chi connectivity index (χ0v) is 10.7. The third kappa shape index (κ3) is 2.02. The maximum Gasteiger partial charge on any atom is 0.151 e. The fraction of sp³-hybridized carbons (Fsp3) is 0.417. The highest BCUT2D eigenvalue weighted by atomic mass is 32.2. The van der Waals surface area contributed by atoms with E-state index in [2.05, 4.69) is 9.97 Å². The van der Waals surface area contributed by atoms with E-state index in [1.54, 1.807) is 0 Å². The Morgan fingerprint density at radius 1 is 1.44 bits per heavy atom. The zero-order chi connectivity index (χ0) is 12.8. The summed E-state index contributed by atoms with van der Waals surface area (Å²) in [6.45, 7) is 0.488. The Morgan fingerprint density at radius 2 is 2.28 bits per heavy atom. The highest BCUT2D eigenvalue weighted by Crippen LogP contribution is 2.28. The number of aromatic amines is 1. The van der Waals surface area contributed by atoms with Crippen molar-refractivity contribution in [3.05, 3.63) is 29.6 Å². The number of benzene rings is 1. The lowest BCUT2D eigenvalue weighted by Crippen LogP contribution is -2.04. The first-order valence-electron chi connectivity index (χ1n) is 5.96. The Labute approximate surface area is 105 Å². The molecule has 0 bridgehead atoms. The Kier molecular flexibility index (Phi) is 2.64. The molecule has 1 aromatic carbocycles. The second-order valence-electron chi connectivity index (χ2n) is 4.78. The summed E-state index contributed by atoms with van der Waals surface area (Å²) in [4.78, 5) is 7.69. The average Bonchev–Trinajstić information content (AvgIpc) is 2.90. The van der Waals surface area contributed by atoms with Crippen LogP contribution in [0.15, 0.2) is 18.2 Å². The van der Waals surface area contributed by atoms with Gasteiger partial charge in [0.15, 0.2) is 9.84 Å². The fourth-order valence-corrected chi connectivity index (χ4v) is 4.16. The van der Waals surface area contributed by atoms with Gasteiger partial charge in [-0.05, 0) is 24.1 Å². The molecular weight excluding hydrogens is 250 g/mol. The number of imidazole rings is 1. The van der Waals surface area contributed by atoms with Gasteiger partial charge in [0.2, 0.25) is 0 Å². The van der Waals surface area contributed by atoms with Crippen LogP contribution in [0.3, 0.4) is 0 Å². The van der Waals surface area contributed by atoms with Gasteiger partial charge in [0.25, 0.3) is 0 Å². The topological polar surface area (TPSA) is 88.8 Å². The molecule has 1 aliphatic heterocycles. The van der Waals surface area contributed by atoms with Crippen LogP contribution in [-0.4, -0.2) is 29.9 Å². The van der Waals surface area contributed by atoms with Crippen LogP contribution in [0.4, 0.5) is 0 Å². The van der Waals surface area contributed by atoms with Gasteiger partial charge in [-0.15, -0.1) is 0 Å². The van der Waals surface area contributed by atoms with Crippen molar-refractivity contribution in [1.29, 1.82) is 0 Å². The molecule has 18 heavy (non-hydrogen) atoms. The van der Waals surface area contributed by atoms with E-state index in [-0.39, 0.29) is 17.4 Å². The highest BCUT2D eigenvalue weighted by Gasteiger charge is 2.30. The van der Waals surface area contributed by atoms with Crippen LogP contribution < -0.4 is 5.73 Å². The Morgan fingerprint density at radius 3 is 2.94 bits per heavy atom. The van der Waals surface area contributed by atoms with Crippen molar-refractivity contribution in [2.75, 3.05) is 11.5 Å². The number of H-pyrrole nitrogens is 1. The Balaban J connectivity index is 1.99. The average molecular weight is 265 g/mol. The molecule has 1 aliphatic rings. The van der Waals surface area contributed by atoms with Crippen LogP contribution in [0, 0.1) is 0 Å². The van der Waals surface area contributed by atoms with Gasteiger partial charge in [-0.25, -0.2) is 13.4 Å². The molecule has 0 saturated carbocycles. The van der Waals surface area contributed by atoms with E-state index >= 15 is 0 Å². The second kappa shape index (κ2) is 4.07. The molecule has 96 valence electrons. The summed E-state index contributed by atoms with van der Waals surface area (Å²) in [5, 5.41) is 0. The molecule has 0 spiro atoms. The summed E-state index contributed by atoms with van der Waals surface area (Å²) in [5.74, 6) is 1.25. The molecule has 1 aromatic heterocycles. The number of rotatable bonds is 2. The highest BCUT2D eigenvalue weighted by molar-refractivity contribution is 7.91. The lowest BCUT2D eigenvalue weighted by molar-refractivity contribution is 0.601. The van der Waals surface area contributed by atoms with Crippen molar-refractivity contribution in [2.45, 2.75) is 18.9 Å². The first-order valence-corrected chi connectivity index (χ1v) is 7.78. The van der Waals surface area contributed by atoms with E-state index in [4.69, 9.17) is 5.73 Å². The van der Waals surface area contributed by atoms with Gasteiger partial charge in [-0.3, -0.25) is 0 Å². The molecule has 3 N–H and O–H groups in total. The van der Waals surface area contributed by atoms with Crippen molar-refractivity contribution in [3.63, 3.8) is 0 Å². The number of nitrogens with zero attached hydrogens (tertiary/aromatic N) is 1. The van der Waals surface area contributed by atoms with Gasteiger partial charge >= 0.3 is 0 Å². The number of sulfone groups is 1. The van der Waals surface area contributed by atoms with Crippen molar-refractivity contribution in [3.8, 4) is 0 Å². The smallest absolute Gasteiger partial charge is 0.151 e. The van der Waals surface area contributed by atoms with E-state index < -0.39 is 9.84 Å². The quantitative estimate of drug-likeness (QED) is 0.845. The van der Waals surface area contributed by atoms with Crippen LogP contribution in [0.25, 0.3) is 11.0 Å². The summed E-state index contributed by atoms with van der Waals surface area (Å²) < 4.78 is 22.9. The number of nitrogens with two attached hydrogens (primary N) is 1. The van der Waals surface area contributed by atoms with E-state index in [9.17, 15) is 8.42 Å². The van der Waals surface area contributed by atoms with Crippen LogP contribution in [-0.2, 0) is 16.4 Å². The number of fused-ring (bicyclic) bond motifs is 1. The van der Waals surface area contributed by atoms with Crippen molar-refractivity contribution < 1.29 is 8.42 Å². The molecule has 0 aliphatic carbocycles. The van der Waals surface area contributed by atoms with Crippen LogP contribution in [0.1, 0.15) is 23.7 Å². The van der Waals surface area contributed by atoms with Crippen LogP contribution >= 0.6 is 0 Å². The van der Waals surface area contributed by atoms with Crippen molar-refractivity contribution in [1.82, 2.24) is 9.97 Å². The second-order valence-corrected chi connectivity index (χ2v) is 7.01. The fourth-order valence-electron chi connectivity index (χ4n) is 2.41. The molecule has 0 radical (unpaired) electrons. The monoisotopic (exact) mass is 265 g/mol. The largest absolute Gasteiger partial charge is 0.342 e. The van der Waals surface area contributed by atoms with Crippen LogP contribution in [0.2, 0.25) is 0 Å². The zero-order valence-electron chi connectivity index (χ0n) is 9.89. The third-order valence-electron chi connectivity index (χ3n) is 3.42. The van der Waals surface area contributed by atoms with Crippen molar-refractivity contribution in [2.24, 2.45) is 5.73 Å². The van der Waals surface area contributed by atoms with Crippen molar-refractivity contribution >= 4 is 20.9 Å². The molecule has 3 rings (SSSR count). The normalized spacial score (nSPS) is 22.6. The number of hydrogen-bond acceptors (Lipinski definition) is 4. The molecule has 2 heterocycles. The molecule has 2 aromatic rings. The lowest BCUT2D eigenvalue weighted by atomic mass is 10.1. The molecule has 1 fully saturated rings. The number of nitrogens with one attached hydrogen (secondary N) is 1. The minimum Gasteiger partial charge on any atom is -0.342 e. The SMILES string of the molecule is NCc1ccc2nc(C3CCS(=O)(=O)C3)[nH]c2c1. The summed E-state index contributed by atoms with van der Waals surface area (Å²) >= 11 is 0. The van der Waals surface area contributed by atoms with E-state index in [1.807, 2.05) is 18.2 Å². The Hall–Kier alpha value is -1.40. The molecule has 1 unspecified atom stereocenters. The van der Waals surface area contributed by atoms with Gasteiger partial charge in [-0.1, -0.05) is 6.07 Å². The summed E-state index contributed by atoms with van der Waals surface area (Å²) in [6, 6.07) is 5.83. The first-order chi connectivity index (χ1) is 8.57. The van der Waals surface area contributed by atoms with E-state index in [1.165, 1.54) is 0 Å². The number of aromatic nitrogens is 2. The predicted octanol–water partition coefficient (Wildman–Crippen LogP) is 0.924. The van der Waals surface area contributed by atoms with Gasteiger partial charge < -0.3 is 10.7 Å². The minimum atomic E-state index is -2.87. The molecule has 5 nitrogen and oxygen atoms in total. The first kappa shape index (κ1) is 11.7. The maximum absolute atomic E-state index is 11.5. The molecular formula is C12H15N3O2S. The van der Waals surface area contributed by atoms with Crippen LogP contribution in [0.5, 0.6) is 0 Å². The van der Waals surface area contributed by atoms with Gasteiger partial charge in [-0.2, -0.15) is 0 Å². The maximum atomic E-state index is 11.5. The minimum absolute atomic E-state index is 0.00345. The van der Waals surface area contributed by atoms with Gasteiger partial charge in [0.05, 0.1) is 22.5 Å². The molecule has 1 atom stereocenters. The third-order valence-corrected chi connectivity index (χ3v) is 5.19. The summed E-state index contributed by atoms with van der Waals surface area (Å²) in [6.07, 6.45) is 0.659. The lowest BCUT2D eigenvalue weighted by Gasteiger charge is -2.01. The van der Waals surface area contributed by atoms with E-state index in [0.29, 0.717) is 13.0 Å². The summed E-state index contributed by atoms with van der Waals surface area (Å²) in [5.41, 5.74) is 8.43. The molecule has 1 saturated heterocycles. The predicted molar refractivity (Wildman–Crippen MR) is 70.0 cm³/mol. The van der Waals surface area contributed by atoms with Gasteiger partial charge in [0.1, 0.15) is 5.82 Å². The standard InChI is InChI=1S/C12H15N3O2S/c13-6-8-1-2-10-11(5-8)15-12(14-10)9-3-4-18(16,17)7-9/h1-2,5,9H,3-4,6-7,13H2,(H,14,15). The van der Waals surface area contributed by atoms with E-state index in [0.717, 1.165) is 22.4 Å². The van der Waals surface area contributed by atoms with Gasteiger partial charge in [0, 0.05) is 12.5 Å². The molecule has 6 heteroatoms. The molecule has 0 amide bonds. The number of hydrogen-bond donors (Lipinski definition) is 2.